The van der Waals surface area contributed by atoms with Gasteiger partial charge in [0.05, 0.1) is 12.2 Å². The summed E-state index contributed by atoms with van der Waals surface area (Å²) in [5.74, 6) is 0.403. The topological polar surface area (TPSA) is 61.3 Å². The molecule has 0 aliphatic heterocycles. The van der Waals surface area contributed by atoms with Crippen LogP contribution in [0.2, 0.25) is 0 Å². The van der Waals surface area contributed by atoms with E-state index in [4.69, 9.17) is 16.2 Å². The molecule has 0 aliphatic rings. The fourth-order valence-corrected chi connectivity index (χ4v) is 2.18. The Kier molecular flexibility index (Phi) is 6.67. The molecule has 0 saturated carbocycles. The second kappa shape index (κ2) is 6.72. The maximum absolute atomic E-state index is 6.19. The van der Waals surface area contributed by atoms with Crippen LogP contribution in [0.3, 0.4) is 0 Å². The fraction of sp³-hybridized carbons (Fsp3) is 1.00. The minimum atomic E-state index is -0.180. The fourth-order valence-electron chi connectivity index (χ4n) is 2.18. The Balaban J connectivity index is 4.30. The summed E-state index contributed by atoms with van der Waals surface area (Å²) in [4.78, 5) is 0. The molecule has 3 nitrogen and oxygen atoms in total. The highest BCUT2D eigenvalue weighted by Gasteiger charge is 2.28. The van der Waals surface area contributed by atoms with Crippen molar-refractivity contribution in [2.45, 2.75) is 78.0 Å². The maximum atomic E-state index is 6.19. The molecule has 104 valence electrons. The molecule has 0 heterocycles. The van der Waals surface area contributed by atoms with E-state index in [1.54, 1.807) is 0 Å². The molecular formula is C14H32N2O. The van der Waals surface area contributed by atoms with Gasteiger partial charge in [0.25, 0.3) is 0 Å². The van der Waals surface area contributed by atoms with Crippen LogP contribution in [-0.4, -0.2) is 23.8 Å². The van der Waals surface area contributed by atoms with Crippen LogP contribution in [-0.2, 0) is 4.74 Å². The third kappa shape index (κ3) is 7.74. The van der Waals surface area contributed by atoms with Crippen molar-refractivity contribution in [2.75, 3.05) is 6.61 Å². The van der Waals surface area contributed by atoms with Gasteiger partial charge in [-0.3, -0.25) is 0 Å². The third-order valence-electron chi connectivity index (χ3n) is 3.18. The lowest BCUT2D eigenvalue weighted by molar-refractivity contribution is -0.0537. The predicted molar refractivity (Wildman–Crippen MR) is 75.0 cm³/mol. The van der Waals surface area contributed by atoms with Crippen molar-refractivity contribution in [3.05, 3.63) is 0 Å². The SMILES string of the molecule is CCCC(COC(C)(C)CC(C)N)C(C)(C)N. The Labute approximate surface area is 107 Å². The summed E-state index contributed by atoms with van der Waals surface area (Å²) in [5.41, 5.74) is 11.7. The van der Waals surface area contributed by atoms with Crippen molar-refractivity contribution in [1.29, 1.82) is 0 Å². The highest BCUT2D eigenvalue weighted by Crippen LogP contribution is 2.24. The minimum Gasteiger partial charge on any atom is -0.375 e. The van der Waals surface area contributed by atoms with Crippen molar-refractivity contribution in [3.63, 3.8) is 0 Å². The van der Waals surface area contributed by atoms with E-state index in [1.807, 2.05) is 6.92 Å². The zero-order valence-electron chi connectivity index (χ0n) is 12.5. The number of nitrogens with two attached hydrogens (primary N) is 2. The van der Waals surface area contributed by atoms with Gasteiger partial charge in [0.2, 0.25) is 0 Å². The summed E-state index contributed by atoms with van der Waals surface area (Å²) < 4.78 is 6.02. The molecule has 17 heavy (non-hydrogen) atoms. The van der Waals surface area contributed by atoms with Gasteiger partial charge in [-0.05, 0) is 53.4 Å². The van der Waals surface area contributed by atoms with Crippen LogP contribution in [0.1, 0.15) is 60.8 Å². The first kappa shape index (κ1) is 16.9. The zero-order chi connectivity index (χ0) is 13.7. The highest BCUT2D eigenvalue weighted by molar-refractivity contribution is 4.83. The molecule has 0 fully saturated rings. The van der Waals surface area contributed by atoms with Gasteiger partial charge < -0.3 is 16.2 Å². The summed E-state index contributed by atoms with van der Waals surface area (Å²) in [6.07, 6.45) is 3.12. The quantitative estimate of drug-likeness (QED) is 0.690. The molecule has 0 aliphatic carbocycles. The number of ether oxygens (including phenoxy) is 1. The van der Waals surface area contributed by atoms with Crippen LogP contribution < -0.4 is 11.5 Å². The molecule has 0 radical (unpaired) electrons. The van der Waals surface area contributed by atoms with E-state index in [2.05, 4.69) is 34.6 Å². The van der Waals surface area contributed by atoms with E-state index >= 15 is 0 Å². The molecule has 0 aromatic heterocycles. The standard InChI is InChI=1S/C14H32N2O/c1-7-8-12(14(5,6)16)10-17-13(3,4)9-11(2)15/h11-12H,7-10,15-16H2,1-6H3. The number of rotatable bonds is 8. The first-order valence-corrected chi connectivity index (χ1v) is 6.77. The average Bonchev–Trinajstić information content (AvgIpc) is 2.07. The molecule has 0 rings (SSSR count). The maximum Gasteiger partial charge on any atom is 0.0641 e. The van der Waals surface area contributed by atoms with Crippen molar-refractivity contribution in [1.82, 2.24) is 0 Å². The molecule has 0 spiro atoms. The van der Waals surface area contributed by atoms with Gasteiger partial charge in [0.15, 0.2) is 0 Å². The van der Waals surface area contributed by atoms with E-state index in [1.165, 1.54) is 0 Å². The van der Waals surface area contributed by atoms with Crippen LogP contribution in [0.5, 0.6) is 0 Å². The molecule has 2 unspecified atom stereocenters. The summed E-state index contributed by atoms with van der Waals surface area (Å²) in [6.45, 7) is 13.3. The first-order chi connectivity index (χ1) is 7.58. The molecule has 0 aromatic carbocycles. The Bertz CT molecular complexity index is 207. The van der Waals surface area contributed by atoms with E-state index in [-0.39, 0.29) is 17.2 Å². The number of hydrogen-bond acceptors (Lipinski definition) is 3. The van der Waals surface area contributed by atoms with Gasteiger partial charge in [-0.25, -0.2) is 0 Å². The average molecular weight is 244 g/mol. The minimum absolute atomic E-state index is 0.161. The predicted octanol–water partition coefficient (Wildman–Crippen LogP) is 2.67. The first-order valence-electron chi connectivity index (χ1n) is 6.77. The van der Waals surface area contributed by atoms with Crippen LogP contribution in [0.15, 0.2) is 0 Å². The molecule has 2 atom stereocenters. The van der Waals surface area contributed by atoms with Crippen molar-refractivity contribution < 1.29 is 4.74 Å². The van der Waals surface area contributed by atoms with Crippen LogP contribution in [0, 0.1) is 5.92 Å². The molecule has 3 heteroatoms. The second-order valence-electron chi connectivity index (χ2n) is 6.56. The Hall–Kier alpha value is -0.120. The van der Waals surface area contributed by atoms with E-state index in [0.717, 1.165) is 25.9 Å². The summed E-state index contributed by atoms with van der Waals surface area (Å²) >= 11 is 0. The summed E-state index contributed by atoms with van der Waals surface area (Å²) in [7, 11) is 0. The monoisotopic (exact) mass is 244 g/mol. The van der Waals surface area contributed by atoms with Crippen molar-refractivity contribution >= 4 is 0 Å². The van der Waals surface area contributed by atoms with Gasteiger partial charge in [0, 0.05) is 11.6 Å². The Morgan fingerprint density at radius 1 is 1.18 bits per heavy atom. The molecule has 0 aromatic rings. The summed E-state index contributed by atoms with van der Waals surface area (Å²) in [6, 6.07) is 0.167. The van der Waals surface area contributed by atoms with Crippen molar-refractivity contribution in [3.8, 4) is 0 Å². The molecule has 0 bridgehead atoms. The largest absolute Gasteiger partial charge is 0.375 e. The van der Waals surface area contributed by atoms with Gasteiger partial charge >= 0.3 is 0 Å². The molecular weight excluding hydrogens is 212 g/mol. The lowest BCUT2D eigenvalue weighted by atomic mass is 9.85. The third-order valence-corrected chi connectivity index (χ3v) is 3.18. The second-order valence-corrected chi connectivity index (χ2v) is 6.56. The van der Waals surface area contributed by atoms with E-state index in [9.17, 15) is 0 Å². The van der Waals surface area contributed by atoms with Crippen LogP contribution in [0.4, 0.5) is 0 Å². The lowest BCUT2D eigenvalue weighted by Gasteiger charge is -2.35. The lowest BCUT2D eigenvalue weighted by Crippen LogP contribution is -2.45. The Morgan fingerprint density at radius 2 is 1.71 bits per heavy atom. The summed E-state index contributed by atoms with van der Waals surface area (Å²) in [5, 5.41) is 0. The van der Waals surface area contributed by atoms with Crippen molar-refractivity contribution in [2.24, 2.45) is 17.4 Å². The normalized spacial score (nSPS) is 16.9. The Morgan fingerprint density at radius 3 is 2.06 bits per heavy atom. The molecule has 4 N–H and O–H groups in total. The van der Waals surface area contributed by atoms with Gasteiger partial charge in [-0.15, -0.1) is 0 Å². The van der Waals surface area contributed by atoms with E-state index < -0.39 is 0 Å². The van der Waals surface area contributed by atoms with E-state index in [0.29, 0.717) is 5.92 Å². The van der Waals surface area contributed by atoms with Gasteiger partial charge in [0.1, 0.15) is 0 Å². The zero-order valence-corrected chi connectivity index (χ0v) is 12.5. The van der Waals surface area contributed by atoms with Gasteiger partial charge in [-0.2, -0.15) is 0 Å². The molecule has 0 saturated heterocycles. The number of hydrogen-bond donors (Lipinski definition) is 2. The van der Waals surface area contributed by atoms with Crippen LogP contribution >= 0.6 is 0 Å². The smallest absolute Gasteiger partial charge is 0.0641 e. The molecule has 0 amide bonds. The van der Waals surface area contributed by atoms with Gasteiger partial charge in [-0.1, -0.05) is 13.3 Å². The van der Waals surface area contributed by atoms with Crippen LogP contribution in [0.25, 0.3) is 0 Å². The highest BCUT2D eigenvalue weighted by atomic mass is 16.5.